The molecule has 2 atom stereocenters. The van der Waals surface area contributed by atoms with Crippen LogP contribution in [0.4, 0.5) is 26.3 Å². The van der Waals surface area contributed by atoms with Crippen molar-refractivity contribution in [3.8, 4) is 6.07 Å². The number of alkyl halides is 6. The van der Waals surface area contributed by atoms with Crippen LogP contribution in [0.15, 0.2) is 18.2 Å². The molecule has 0 unspecified atom stereocenters. The summed E-state index contributed by atoms with van der Waals surface area (Å²) >= 11 is 0. The summed E-state index contributed by atoms with van der Waals surface area (Å²) in [7, 11) is 0. The number of rotatable bonds is 4. The van der Waals surface area contributed by atoms with E-state index in [4.69, 9.17) is 5.26 Å². The molecule has 1 aliphatic carbocycles. The molecule has 1 aromatic rings. The van der Waals surface area contributed by atoms with Crippen LogP contribution in [-0.2, 0) is 17.1 Å². The quantitative estimate of drug-likeness (QED) is 0.575. The van der Waals surface area contributed by atoms with Gasteiger partial charge in [-0.25, -0.2) is 0 Å². The Bertz CT molecular complexity index is 781. The van der Waals surface area contributed by atoms with Crippen molar-refractivity contribution in [2.75, 3.05) is 6.54 Å². The van der Waals surface area contributed by atoms with Crippen molar-refractivity contribution >= 4 is 11.8 Å². The minimum atomic E-state index is -5.07. The molecule has 1 fully saturated rings. The minimum Gasteiger partial charge on any atom is -0.349 e. The second kappa shape index (κ2) is 8.71. The number of carbonyl (C=O) groups is 2. The van der Waals surface area contributed by atoms with E-state index in [0.717, 1.165) is 0 Å². The Balaban J connectivity index is 2.28. The Kier molecular flexibility index (Phi) is 6.77. The Morgan fingerprint density at radius 1 is 1.00 bits per heavy atom. The first-order valence-electron chi connectivity index (χ1n) is 8.68. The van der Waals surface area contributed by atoms with Gasteiger partial charge in [0.15, 0.2) is 0 Å². The summed E-state index contributed by atoms with van der Waals surface area (Å²) < 4.78 is 77.8. The number of nitriles is 1. The first-order chi connectivity index (χ1) is 13.4. The van der Waals surface area contributed by atoms with Crippen LogP contribution in [-0.4, -0.2) is 24.4 Å². The molecule has 0 heterocycles. The van der Waals surface area contributed by atoms with Crippen LogP contribution in [0.3, 0.4) is 0 Å². The number of carbonyl (C=O) groups excluding carboxylic acids is 2. The van der Waals surface area contributed by atoms with Crippen molar-refractivity contribution < 1.29 is 35.9 Å². The molecule has 11 heteroatoms. The molecule has 0 aromatic heterocycles. The average Bonchev–Trinajstić information content (AvgIpc) is 2.64. The van der Waals surface area contributed by atoms with Crippen molar-refractivity contribution in [2.45, 2.75) is 44.1 Å². The van der Waals surface area contributed by atoms with Gasteiger partial charge in [-0.05, 0) is 31.0 Å². The molecule has 1 aliphatic rings. The molecule has 158 valence electrons. The average molecular weight is 421 g/mol. The van der Waals surface area contributed by atoms with E-state index >= 15 is 0 Å². The van der Waals surface area contributed by atoms with Gasteiger partial charge in [0.1, 0.15) is 6.54 Å². The van der Waals surface area contributed by atoms with Gasteiger partial charge < -0.3 is 10.6 Å². The summed E-state index contributed by atoms with van der Waals surface area (Å²) in [5.41, 5.74) is -3.98. The van der Waals surface area contributed by atoms with Gasteiger partial charge in [-0.15, -0.1) is 0 Å². The second-order valence-electron chi connectivity index (χ2n) is 6.64. The monoisotopic (exact) mass is 421 g/mol. The Hall–Kier alpha value is -2.77. The lowest BCUT2D eigenvalue weighted by molar-refractivity contribution is -0.143. The fraction of sp³-hybridized carbons (Fsp3) is 0.500. The smallest absolute Gasteiger partial charge is 0.349 e. The fourth-order valence-electron chi connectivity index (χ4n) is 3.21. The zero-order valence-corrected chi connectivity index (χ0v) is 15.0. The highest BCUT2D eigenvalue weighted by Crippen LogP contribution is 2.36. The topological polar surface area (TPSA) is 82.0 Å². The number of amides is 2. The molecular weight excluding hydrogens is 404 g/mol. The standard InChI is InChI=1S/C18H17F6N3O2/c19-17(20,21)11-7-10(8-12(9-11)18(22,23)24)15(28)27-14-4-2-1-3-13(14)16(29)26-6-5-25/h7-9,13-14H,1-4,6H2,(H,26,29)(H,27,28)/t13-,14+/m0/s1. The highest BCUT2D eigenvalue weighted by Gasteiger charge is 2.38. The lowest BCUT2D eigenvalue weighted by atomic mass is 9.83. The van der Waals surface area contributed by atoms with Gasteiger partial charge in [0, 0.05) is 11.6 Å². The van der Waals surface area contributed by atoms with Crippen LogP contribution in [0.5, 0.6) is 0 Å². The molecule has 0 saturated heterocycles. The molecule has 0 aliphatic heterocycles. The van der Waals surface area contributed by atoms with Crippen LogP contribution in [0.25, 0.3) is 0 Å². The normalized spacial score (nSPS) is 19.9. The number of benzene rings is 1. The first-order valence-corrected chi connectivity index (χ1v) is 8.68. The molecule has 0 radical (unpaired) electrons. The molecule has 29 heavy (non-hydrogen) atoms. The van der Waals surface area contributed by atoms with Crippen LogP contribution in [0, 0.1) is 17.2 Å². The highest BCUT2D eigenvalue weighted by atomic mass is 19.4. The zero-order valence-electron chi connectivity index (χ0n) is 15.0. The summed E-state index contributed by atoms with van der Waals surface area (Å²) in [4.78, 5) is 24.6. The van der Waals surface area contributed by atoms with Crippen molar-refractivity contribution in [3.63, 3.8) is 0 Å². The van der Waals surface area contributed by atoms with E-state index in [9.17, 15) is 35.9 Å². The molecule has 2 rings (SSSR count). The van der Waals surface area contributed by atoms with E-state index in [1.807, 2.05) is 0 Å². The third kappa shape index (κ3) is 5.85. The number of halogens is 6. The van der Waals surface area contributed by atoms with Gasteiger partial charge in [0.05, 0.1) is 23.1 Å². The van der Waals surface area contributed by atoms with Crippen LogP contribution in [0.1, 0.15) is 47.2 Å². The number of hydrogen-bond donors (Lipinski definition) is 2. The predicted octanol–water partition coefficient (Wildman–Crippen LogP) is 3.65. The van der Waals surface area contributed by atoms with Gasteiger partial charge in [-0.2, -0.15) is 31.6 Å². The minimum absolute atomic E-state index is 0.0600. The van der Waals surface area contributed by atoms with Crippen molar-refractivity contribution in [3.05, 3.63) is 34.9 Å². The third-order valence-electron chi connectivity index (χ3n) is 4.61. The van der Waals surface area contributed by atoms with E-state index < -0.39 is 52.8 Å². The summed E-state index contributed by atoms with van der Waals surface area (Å²) in [5.74, 6) is -2.36. The highest BCUT2D eigenvalue weighted by molar-refractivity contribution is 5.95. The maximum Gasteiger partial charge on any atom is 0.416 e. The van der Waals surface area contributed by atoms with Crippen molar-refractivity contribution in [2.24, 2.45) is 5.92 Å². The first kappa shape index (κ1) is 22.5. The van der Waals surface area contributed by atoms with Crippen molar-refractivity contribution in [1.29, 1.82) is 5.26 Å². The largest absolute Gasteiger partial charge is 0.416 e. The Labute approximate surface area is 162 Å². The van der Waals surface area contributed by atoms with E-state index in [1.54, 1.807) is 6.07 Å². The Morgan fingerprint density at radius 3 is 2.07 bits per heavy atom. The maximum absolute atomic E-state index is 13.0. The maximum atomic E-state index is 13.0. The van der Waals surface area contributed by atoms with E-state index in [0.29, 0.717) is 37.8 Å². The van der Waals surface area contributed by atoms with Gasteiger partial charge in [0.25, 0.3) is 5.91 Å². The molecule has 5 nitrogen and oxygen atoms in total. The van der Waals surface area contributed by atoms with Gasteiger partial charge in [-0.3, -0.25) is 9.59 Å². The van der Waals surface area contributed by atoms with E-state index in [2.05, 4.69) is 10.6 Å². The van der Waals surface area contributed by atoms with Crippen LogP contribution < -0.4 is 10.6 Å². The summed E-state index contributed by atoms with van der Waals surface area (Å²) in [5, 5.41) is 13.3. The molecular formula is C18H17F6N3O2. The third-order valence-corrected chi connectivity index (χ3v) is 4.61. The summed E-state index contributed by atoms with van der Waals surface area (Å²) in [6, 6.07) is 1.59. The number of hydrogen-bond acceptors (Lipinski definition) is 3. The van der Waals surface area contributed by atoms with Crippen LogP contribution >= 0.6 is 0 Å². The SMILES string of the molecule is N#CCNC(=O)[C@H]1CCCC[C@H]1NC(=O)c1cc(C(F)(F)F)cc(C(F)(F)F)c1. The van der Waals surface area contributed by atoms with Gasteiger partial charge in [-0.1, -0.05) is 12.8 Å². The predicted molar refractivity (Wildman–Crippen MR) is 88.3 cm³/mol. The summed E-state index contributed by atoms with van der Waals surface area (Å²) in [6.45, 7) is -0.251. The van der Waals surface area contributed by atoms with E-state index in [1.165, 1.54) is 0 Å². The lowest BCUT2D eigenvalue weighted by Gasteiger charge is -2.31. The second-order valence-corrected chi connectivity index (χ2v) is 6.64. The number of nitrogens with one attached hydrogen (secondary N) is 2. The molecule has 0 spiro atoms. The zero-order chi connectivity index (χ0) is 21.8. The lowest BCUT2D eigenvalue weighted by Crippen LogP contribution is -2.48. The Morgan fingerprint density at radius 2 is 1.55 bits per heavy atom. The van der Waals surface area contributed by atoms with Crippen molar-refractivity contribution in [1.82, 2.24) is 10.6 Å². The fourth-order valence-corrected chi connectivity index (χ4v) is 3.21. The molecule has 0 bridgehead atoms. The van der Waals surface area contributed by atoms with Crippen LogP contribution in [0.2, 0.25) is 0 Å². The number of nitrogens with zero attached hydrogens (tertiary/aromatic N) is 1. The van der Waals surface area contributed by atoms with E-state index in [-0.39, 0.29) is 12.6 Å². The molecule has 2 amide bonds. The summed E-state index contributed by atoms with van der Waals surface area (Å²) in [6.07, 6.45) is -8.14. The van der Waals surface area contributed by atoms with Gasteiger partial charge in [0.2, 0.25) is 5.91 Å². The molecule has 1 saturated carbocycles. The van der Waals surface area contributed by atoms with Gasteiger partial charge >= 0.3 is 12.4 Å². The molecule has 2 N–H and O–H groups in total. The molecule has 1 aromatic carbocycles.